The Labute approximate surface area is 100 Å². The van der Waals surface area contributed by atoms with Crippen LogP contribution in [0.25, 0.3) is 0 Å². The van der Waals surface area contributed by atoms with Crippen LogP contribution in [0, 0.1) is 0 Å². The Bertz CT molecular complexity index is 360. The van der Waals surface area contributed by atoms with Crippen LogP contribution < -0.4 is 4.90 Å². The molecule has 0 N–H and O–H groups in total. The zero-order valence-corrected chi connectivity index (χ0v) is 11.0. The van der Waals surface area contributed by atoms with Gasteiger partial charge >= 0.3 is 0 Å². The largest absolute Gasteiger partial charge is 0.359 e. The standard InChI is InChI=1S/C12H19FN2S/c1-9(2)11-14-7-10(16-11)15-6-4-5-12(3,13)8-15/h7,9H,4-6,8H2,1-3H3. The van der Waals surface area contributed by atoms with Gasteiger partial charge in [-0.2, -0.15) is 0 Å². The second-order valence-electron chi connectivity index (χ2n) is 5.13. The van der Waals surface area contributed by atoms with Crippen LogP contribution in [0.5, 0.6) is 0 Å². The lowest BCUT2D eigenvalue weighted by Gasteiger charge is -2.35. The Morgan fingerprint density at radius 2 is 2.31 bits per heavy atom. The highest BCUT2D eigenvalue weighted by atomic mass is 32.1. The first-order valence-electron chi connectivity index (χ1n) is 5.87. The molecule has 90 valence electrons. The van der Waals surface area contributed by atoms with Crippen LogP contribution in [0.15, 0.2) is 6.20 Å². The van der Waals surface area contributed by atoms with E-state index in [1.54, 1.807) is 18.3 Å². The van der Waals surface area contributed by atoms with Crippen LogP contribution in [-0.4, -0.2) is 23.7 Å². The number of rotatable bonds is 2. The summed E-state index contributed by atoms with van der Waals surface area (Å²) in [5.74, 6) is 0.459. The van der Waals surface area contributed by atoms with Crippen molar-refractivity contribution in [3.8, 4) is 0 Å². The molecule has 2 rings (SSSR count). The predicted molar refractivity (Wildman–Crippen MR) is 67.2 cm³/mol. The average molecular weight is 242 g/mol. The number of halogens is 1. The Kier molecular flexibility index (Phi) is 3.19. The molecular weight excluding hydrogens is 223 g/mol. The summed E-state index contributed by atoms with van der Waals surface area (Å²) < 4.78 is 13.9. The Hall–Kier alpha value is -0.640. The number of alkyl halides is 1. The van der Waals surface area contributed by atoms with Gasteiger partial charge in [0.05, 0.1) is 17.7 Å². The number of anilines is 1. The molecule has 0 aromatic carbocycles. The first-order valence-corrected chi connectivity index (χ1v) is 6.69. The minimum atomic E-state index is -1.04. The van der Waals surface area contributed by atoms with Crippen LogP contribution in [-0.2, 0) is 0 Å². The molecule has 4 heteroatoms. The van der Waals surface area contributed by atoms with Crippen molar-refractivity contribution in [3.63, 3.8) is 0 Å². The number of hydrogen-bond acceptors (Lipinski definition) is 3. The first kappa shape index (κ1) is 11.8. The zero-order chi connectivity index (χ0) is 11.8. The third kappa shape index (κ3) is 2.54. The lowest BCUT2D eigenvalue weighted by atomic mass is 9.97. The van der Waals surface area contributed by atoms with E-state index in [1.165, 1.54) is 0 Å². The average Bonchev–Trinajstić information content (AvgIpc) is 2.64. The number of aromatic nitrogens is 1. The molecule has 1 fully saturated rings. The minimum Gasteiger partial charge on any atom is -0.359 e. The van der Waals surface area contributed by atoms with E-state index in [2.05, 4.69) is 23.7 Å². The summed E-state index contributed by atoms with van der Waals surface area (Å²) in [5, 5.41) is 2.26. The van der Waals surface area contributed by atoms with Gasteiger partial charge in [-0.3, -0.25) is 0 Å². The number of thiazole rings is 1. The van der Waals surface area contributed by atoms with E-state index >= 15 is 0 Å². The van der Waals surface area contributed by atoms with Gasteiger partial charge in [-0.05, 0) is 19.8 Å². The van der Waals surface area contributed by atoms with Crippen LogP contribution >= 0.6 is 11.3 Å². The second-order valence-corrected chi connectivity index (χ2v) is 6.17. The normalized spacial score (nSPS) is 26.4. The molecule has 2 heterocycles. The smallest absolute Gasteiger partial charge is 0.125 e. The number of nitrogens with zero attached hydrogens (tertiary/aromatic N) is 2. The lowest BCUT2D eigenvalue weighted by molar-refractivity contribution is 0.160. The maximum atomic E-state index is 13.9. The van der Waals surface area contributed by atoms with E-state index in [1.807, 2.05) is 6.20 Å². The SMILES string of the molecule is CC(C)c1ncc(N2CCCC(C)(F)C2)s1. The van der Waals surface area contributed by atoms with Crippen molar-refractivity contribution in [2.45, 2.75) is 45.2 Å². The fraction of sp³-hybridized carbons (Fsp3) is 0.750. The molecule has 1 atom stereocenters. The highest BCUT2D eigenvalue weighted by Crippen LogP contribution is 2.33. The summed E-state index contributed by atoms with van der Waals surface area (Å²) in [6.45, 7) is 7.44. The maximum absolute atomic E-state index is 13.9. The molecule has 2 nitrogen and oxygen atoms in total. The van der Waals surface area contributed by atoms with Crippen LogP contribution in [0.1, 0.15) is 44.5 Å². The van der Waals surface area contributed by atoms with Gasteiger partial charge in [0, 0.05) is 12.5 Å². The Morgan fingerprint density at radius 1 is 1.56 bits per heavy atom. The van der Waals surface area contributed by atoms with E-state index in [0.29, 0.717) is 18.9 Å². The van der Waals surface area contributed by atoms with E-state index < -0.39 is 5.67 Å². The van der Waals surface area contributed by atoms with Gasteiger partial charge in [0.15, 0.2) is 0 Å². The number of piperidine rings is 1. The lowest BCUT2D eigenvalue weighted by Crippen LogP contribution is -2.43. The molecule has 0 spiro atoms. The summed E-state index contributed by atoms with van der Waals surface area (Å²) in [6, 6.07) is 0. The Morgan fingerprint density at radius 3 is 2.88 bits per heavy atom. The van der Waals surface area contributed by atoms with Gasteiger partial charge in [-0.1, -0.05) is 13.8 Å². The molecule has 0 saturated carbocycles. The molecule has 1 aromatic heterocycles. The maximum Gasteiger partial charge on any atom is 0.125 e. The monoisotopic (exact) mass is 242 g/mol. The fourth-order valence-corrected chi connectivity index (χ4v) is 3.02. The molecule has 1 aliphatic rings. The van der Waals surface area contributed by atoms with Crippen LogP contribution in [0.2, 0.25) is 0 Å². The van der Waals surface area contributed by atoms with Crippen molar-refractivity contribution in [2.75, 3.05) is 18.0 Å². The molecule has 16 heavy (non-hydrogen) atoms. The van der Waals surface area contributed by atoms with Crippen LogP contribution in [0.3, 0.4) is 0 Å². The van der Waals surface area contributed by atoms with Crippen molar-refractivity contribution in [2.24, 2.45) is 0 Å². The molecule has 1 saturated heterocycles. The summed E-state index contributed by atoms with van der Waals surface area (Å²) in [5.41, 5.74) is -1.04. The summed E-state index contributed by atoms with van der Waals surface area (Å²) >= 11 is 1.70. The van der Waals surface area contributed by atoms with Crippen LogP contribution in [0.4, 0.5) is 9.39 Å². The van der Waals surface area contributed by atoms with Crippen molar-refractivity contribution in [1.29, 1.82) is 0 Å². The van der Waals surface area contributed by atoms with Gasteiger partial charge in [-0.15, -0.1) is 11.3 Å². The summed E-state index contributed by atoms with van der Waals surface area (Å²) in [6.07, 6.45) is 3.50. The van der Waals surface area contributed by atoms with E-state index in [4.69, 9.17) is 0 Å². The molecule has 1 aliphatic heterocycles. The van der Waals surface area contributed by atoms with E-state index in [9.17, 15) is 4.39 Å². The molecule has 0 aliphatic carbocycles. The third-order valence-electron chi connectivity index (χ3n) is 2.96. The Balaban J connectivity index is 2.11. The first-order chi connectivity index (χ1) is 7.48. The van der Waals surface area contributed by atoms with Gasteiger partial charge in [0.1, 0.15) is 10.7 Å². The molecule has 0 radical (unpaired) electrons. The van der Waals surface area contributed by atoms with Gasteiger partial charge < -0.3 is 4.90 Å². The molecule has 1 unspecified atom stereocenters. The van der Waals surface area contributed by atoms with Crippen molar-refractivity contribution in [3.05, 3.63) is 11.2 Å². The third-order valence-corrected chi connectivity index (χ3v) is 4.32. The van der Waals surface area contributed by atoms with Crippen molar-refractivity contribution >= 4 is 16.3 Å². The zero-order valence-electron chi connectivity index (χ0n) is 10.2. The molecule has 1 aromatic rings. The van der Waals surface area contributed by atoms with E-state index in [0.717, 1.165) is 23.0 Å². The summed E-state index contributed by atoms with van der Waals surface area (Å²) in [7, 11) is 0. The van der Waals surface area contributed by atoms with E-state index in [-0.39, 0.29) is 0 Å². The van der Waals surface area contributed by atoms with Crippen molar-refractivity contribution < 1.29 is 4.39 Å². The molecular formula is C12H19FN2S. The predicted octanol–water partition coefficient (Wildman–Crippen LogP) is 3.59. The van der Waals surface area contributed by atoms with Gasteiger partial charge in [0.2, 0.25) is 0 Å². The van der Waals surface area contributed by atoms with Gasteiger partial charge in [-0.25, -0.2) is 9.37 Å². The molecule has 0 bridgehead atoms. The minimum absolute atomic E-state index is 0.459. The highest BCUT2D eigenvalue weighted by molar-refractivity contribution is 7.15. The fourth-order valence-electron chi connectivity index (χ4n) is 2.07. The molecule has 0 amide bonds. The van der Waals surface area contributed by atoms with Crippen molar-refractivity contribution in [1.82, 2.24) is 4.98 Å². The van der Waals surface area contributed by atoms with Gasteiger partial charge in [0.25, 0.3) is 0 Å². The summed E-state index contributed by atoms with van der Waals surface area (Å²) in [4.78, 5) is 6.53. The number of hydrogen-bond donors (Lipinski definition) is 0. The highest BCUT2D eigenvalue weighted by Gasteiger charge is 2.31. The topological polar surface area (TPSA) is 16.1 Å². The quantitative estimate of drug-likeness (QED) is 0.788. The second kappa shape index (κ2) is 4.32.